The lowest BCUT2D eigenvalue weighted by Gasteiger charge is -2.24. The highest BCUT2D eigenvalue weighted by molar-refractivity contribution is 6.36. The number of esters is 1. The molecule has 2 aromatic carbocycles. The van der Waals surface area contributed by atoms with Gasteiger partial charge in [0.15, 0.2) is 6.23 Å². The first kappa shape index (κ1) is 21.3. The van der Waals surface area contributed by atoms with E-state index in [1.54, 1.807) is 45.4 Å². The van der Waals surface area contributed by atoms with E-state index in [2.05, 4.69) is 0 Å². The zero-order valence-electron chi connectivity index (χ0n) is 16.1. The Bertz CT molecular complexity index is 925. The van der Waals surface area contributed by atoms with Gasteiger partial charge >= 0.3 is 5.97 Å². The number of anilines is 1. The van der Waals surface area contributed by atoms with Crippen molar-refractivity contribution in [3.63, 3.8) is 0 Å². The van der Waals surface area contributed by atoms with Crippen LogP contribution in [0, 0.1) is 0 Å². The number of halogens is 1. The summed E-state index contributed by atoms with van der Waals surface area (Å²) >= 11 is 0. The fraction of sp³-hybridized carbons (Fsp3) is 0.238. The molecular formula is C21H22ClNO5. The Morgan fingerprint density at radius 3 is 2.46 bits per heavy atom. The van der Waals surface area contributed by atoms with Gasteiger partial charge in [0.2, 0.25) is 0 Å². The van der Waals surface area contributed by atoms with Crippen molar-refractivity contribution >= 4 is 41.6 Å². The number of fused-ring (bicyclic) bond motifs is 1. The molecule has 1 heterocycles. The molecule has 0 aromatic heterocycles. The standard InChI is InChI=1S/C21H21NO5.ClH/c1-13(27-14(2)23)22-19-8-6-5-7-17(19)18(21(22)24)12-15-11-16(25-3)9-10-20(15)26-4;/h5-13H,1-4H3;1H. The number of nitrogens with zero attached hydrogens (tertiary/aromatic N) is 1. The highest BCUT2D eigenvalue weighted by Crippen LogP contribution is 2.40. The van der Waals surface area contributed by atoms with E-state index in [0.717, 1.165) is 11.1 Å². The van der Waals surface area contributed by atoms with Gasteiger partial charge in [-0.05, 0) is 37.3 Å². The molecule has 1 aliphatic heterocycles. The van der Waals surface area contributed by atoms with E-state index in [0.29, 0.717) is 22.8 Å². The number of hydrogen-bond donors (Lipinski definition) is 0. The second-order valence-corrected chi connectivity index (χ2v) is 6.07. The fourth-order valence-corrected chi connectivity index (χ4v) is 3.17. The zero-order chi connectivity index (χ0) is 19.6. The first-order valence-electron chi connectivity index (χ1n) is 8.50. The van der Waals surface area contributed by atoms with E-state index >= 15 is 0 Å². The van der Waals surface area contributed by atoms with E-state index in [9.17, 15) is 9.59 Å². The molecule has 1 aliphatic rings. The van der Waals surface area contributed by atoms with Crippen LogP contribution in [-0.2, 0) is 14.3 Å². The van der Waals surface area contributed by atoms with E-state index in [1.807, 2.05) is 24.3 Å². The van der Waals surface area contributed by atoms with E-state index in [4.69, 9.17) is 14.2 Å². The highest BCUT2D eigenvalue weighted by Gasteiger charge is 2.36. The van der Waals surface area contributed by atoms with Crippen molar-refractivity contribution in [2.75, 3.05) is 19.1 Å². The summed E-state index contributed by atoms with van der Waals surface area (Å²) in [5.41, 5.74) is 2.68. The number of carbonyl (C=O) groups excluding carboxylic acids is 2. The molecule has 28 heavy (non-hydrogen) atoms. The third-order valence-electron chi connectivity index (χ3n) is 4.34. The van der Waals surface area contributed by atoms with Gasteiger partial charge in [0.1, 0.15) is 11.5 Å². The van der Waals surface area contributed by atoms with Gasteiger partial charge < -0.3 is 14.2 Å². The van der Waals surface area contributed by atoms with Gasteiger partial charge in [-0.3, -0.25) is 14.5 Å². The van der Waals surface area contributed by atoms with Crippen molar-refractivity contribution in [3.05, 3.63) is 53.6 Å². The summed E-state index contributed by atoms with van der Waals surface area (Å²) in [7, 11) is 3.15. The van der Waals surface area contributed by atoms with Crippen LogP contribution in [0.5, 0.6) is 11.5 Å². The Hall–Kier alpha value is -2.99. The number of rotatable bonds is 5. The molecule has 0 fully saturated rings. The Kier molecular flexibility index (Phi) is 6.70. The highest BCUT2D eigenvalue weighted by atomic mass is 35.5. The molecule has 1 amide bonds. The molecule has 0 spiro atoms. The average molecular weight is 404 g/mol. The molecule has 6 nitrogen and oxygen atoms in total. The van der Waals surface area contributed by atoms with Gasteiger partial charge in [0.05, 0.1) is 25.5 Å². The molecule has 148 valence electrons. The average Bonchev–Trinajstić information content (AvgIpc) is 2.93. The summed E-state index contributed by atoms with van der Waals surface area (Å²) in [6.07, 6.45) is 1.05. The third-order valence-corrected chi connectivity index (χ3v) is 4.34. The quantitative estimate of drug-likeness (QED) is 0.559. The SMILES string of the molecule is COc1ccc(OC)c(C=C2C(=O)N(C(C)OC(C)=O)c3ccccc32)c1.Cl. The number of carbonyl (C=O) groups is 2. The fourth-order valence-electron chi connectivity index (χ4n) is 3.17. The largest absolute Gasteiger partial charge is 0.497 e. The topological polar surface area (TPSA) is 65.1 Å². The molecule has 0 bridgehead atoms. The molecule has 0 saturated carbocycles. The van der Waals surface area contributed by atoms with Crippen LogP contribution in [0.25, 0.3) is 11.6 Å². The van der Waals surface area contributed by atoms with Gasteiger partial charge in [0, 0.05) is 18.1 Å². The van der Waals surface area contributed by atoms with E-state index < -0.39 is 12.2 Å². The molecule has 1 unspecified atom stereocenters. The number of ether oxygens (including phenoxy) is 3. The normalized spacial score (nSPS) is 14.9. The van der Waals surface area contributed by atoms with Crippen molar-refractivity contribution < 1.29 is 23.8 Å². The summed E-state index contributed by atoms with van der Waals surface area (Å²) in [4.78, 5) is 26.0. The first-order valence-corrected chi connectivity index (χ1v) is 8.50. The van der Waals surface area contributed by atoms with Gasteiger partial charge in [0.25, 0.3) is 5.91 Å². The Morgan fingerprint density at radius 1 is 1.11 bits per heavy atom. The molecule has 2 aromatic rings. The second-order valence-electron chi connectivity index (χ2n) is 6.07. The molecule has 1 atom stereocenters. The van der Waals surface area contributed by atoms with Crippen molar-refractivity contribution in [1.29, 1.82) is 0 Å². The van der Waals surface area contributed by atoms with Crippen LogP contribution >= 0.6 is 12.4 Å². The Labute approximate surface area is 170 Å². The molecule has 0 N–H and O–H groups in total. The van der Waals surface area contributed by atoms with E-state index in [1.165, 1.54) is 11.8 Å². The van der Waals surface area contributed by atoms with Crippen LogP contribution in [0.15, 0.2) is 42.5 Å². The van der Waals surface area contributed by atoms with Crippen LogP contribution < -0.4 is 14.4 Å². The van der Waals surface area contributed by atoms with Crippen LogP contribution in [0.1, 0.15) is 25.0 Å². The number of methoxy groups -OCH3 is 2. The third kappa shape index (κ3) is 3.97. The number of hydrogen-bond acceptors (Lipinski definition) is 5. The summed E-state index contributed by atoms with van der Waals surface area (Å²) in [5.74, 6) is 0.598. The predicted molar refractivity (Wildman–Crippen MR) is 110 cm³/mol. The predicted octanol–water partition coefficient (Wildman–Crippen LogP) is 3.92. The Morgan fingerprint density at radius 2 is 1.82 bits per heavy atom. The van der Waals surface area contributed by atoms with Gasteiger partial charge in [-0.25, -0.2) is 0 Å². The lowest BCUT2D eigenvalue weighted by Crippen LogP contribution is -2.38. The summed E-state index contributed by atoms with van der Waals surface area (Å²) in [6, 6.07) is 12.8. The van der Waals surface area contributed by atoms with Gasteiger partial charge in [-0.15, -0.1) is 12.4 Å². The number of amides is 1. The van der Waals surface area contributed by atoms with Gasteiger partial charge in [-0.2, -0.15) is 0 Å². The molecule has 7 heteroatoms. The minimum Gasteiger partial charge on any atom is -0.497 e. The van der Waals surface area contributed by atoms with Crippen LogP contribution in [0.3, 0.4) is 0 Å². The van der Waals surface area contributed by atoms with Crippen LogP contribution in [0.4, 0.5) is 5.69 Å². The minimum absolute atomic E-state index is 0. The maximum Gasteiger partial charge on any atom is 0.304 e. The lowest BCUT2D eigenvalue weighted by molar-refractivity contribution is -0.145. The Balaban J connectivity index is 0.00000280. The maximum atomic E-state index is 13.1. The maximum absolute atomic E-state index is 13.1. The molecule has 0 saturated heterocycles. The van der Waals surface area contributed by atoms with Crippen molar-refractivity contribution in [1.82, 2.24) is 0 Å². The summed E-state index contributed by atoms with van der Waals surface area (Å²) < 4.78 is 15.9. The molecule has 0 aliphatic carbocycles. The summed E-state index contributed by atoms with van der Waals surface area (Å²) in [5, 5.41) is 0. The minimum atomic E-state index is -0.714. The second kappa shape index (κ2) is 8.80. The van der Waals surface area contributed by atoms with Crippen molar-refractivity contribution in [2.45, 2.75) is 20.1 Å². The molecule has 0 radical (unpaired) electrons. The van der Waals surface area contributed by atoms with Crippen molar-refractivity contribution in [2.24, 2.45) is 0 Å². The first-order chi connectivity index (χ1) is 13.0. The molecular weight excluding hydrogens is 382 g/mol. The van der Waals surface area contributed by atoms with E-state index in [-0.39, 0.29) is 18.3 Å². The van der Waals surface area contributed by atoms with Crippen LogP contribution in [0.2, 0.25) is 0 Å². The monoisotopic (exact) mass is 403 g/mol. The lowest BCUT2D eigenvalue weighted by atomic mass is 10.0. The summed E-state index contributed by atoms with van der Waals surface area (Å²) in [6.45, 7) is 2.99. The van der Waals surface area contributed by atoms with Crippen molar-refractivity contribution in [3.8, 4) is 11.5 Å². The zero-order valence-corrected chi connectivity index (χ0v) is 16.9. The van der Waals surface area contributed by atoms with Gasteiger partial charge in [-0.1, -0.05) is 18.2 Å². The smallest absolute Gasteiger partial charge is 0.304 e. The number of para-hydroxylation sites is 1. The van der Waals surface area contributed by atoms with Crippen LogP contribution in [-0.4, -0.2) is 32.3 Å². The molecule has 3 rings (SSSR count). The number of benzene rings is 2.